The number of carboxylic acids is 1. The summed E-state index contributed by atoms with van der Waals surface area (Å²) in [5.74, 6) is -0.668. The Labute approximate surface area is 139 Å². The standard InChI is InChI=1S/C7H6O3.2C6H6O/c8-6-4-2-1-3-5(6)7(9)10;2*7-6-4-2-1-3-5-6/h1-4,8H,(H,9,10);2*1-5,7H. The van der Waals surface area contributed by atoms with Gasteiger partial charge in [0, 0.05) is 0 Å². The molecular formula is C19H18O5. The Morgan fingerprint density at radius 3 is 1.21 bits per heavy atom. The zero-order valence-corrected chi connectivity index (χ0v) is 12.8. The molecule has 0 aliphatic rings. The van der Waals surface area contributed by atoms with Gasteiger partial charge in [0.15, 0.2) is 0 Å². The molecule has 0 atom stereocenters. The molecule has 0 aliphatic carbocycles. The minimum Gasteiger partial charge on any atom is -0.508 e. The van der Waals surface area contributed by atoms with Crippen LogP contribution in [0, 0.1) is 0 Å². The first-order valence-corrected chi connectivity index (χ1v) is 7.00. The Kier molecular flexibility index (Phi) is 7.96. The van der Waals surface area contributed by atoms with Crippen LogP contribution in [0.3, 0.4) is 0 Å². The minimum atomic E-state index is -1.11. The summed E-state index contributed by atoms with van der Waals surface area (Å²) in [4.78, 5) is 10.3. The second kappa shape index (κ2) is 10.3. The van der Waals surface area contributed by atoms with Gasteiger partial charge in [-0.15, -0.1) is 0 Å². The van der Waals surface area contributed by atoms with Crippen LogP contribution in [0.1, 0.15) is 10.4 Å². The minimum absolute atomic E-state index is 0.0671. The van der Waals surface area contributed by atoms with Crippen LogP contribution in [-0.2, 0) is 0 Å². The van der Waals surface area contributed by atoms with E-state index in [-0.39, 0.29) is 11.3 Å². The Hall–Kier alpha value is -3.47. The Morgan fingerprint density at radius 1 is 0.583 bits per heavy atom. The molecule has 5 nitrogen and oxygen atoms in total. The summed E-state index contributed by atoms with van der Waals surface area (Å²) >= 11 is 0. The summed E-state index contributed by atoms with van der Waals surface area (Å²) in [6.45, 7) is 0. The third-order valence-electron chi connectivity index (χ3n) is 2.65. The molecular weight excluding hydrogens is 308 g/mol. The van der Waals surface area contributed by atoms with Gasteiger partial charge in [0.05, 0.1) is 0 Å². The predicted molar refractivity (Wildman–Crippen MR) is 91.3 cm³/mol. The molecule has 0 unspecified atom stereocenters. The quantitative estimate of drug-likeness (QED) is 0.544. The Bertz CT molecular complexity index is 690. The molecule has 0 spiro atoms. The zero-order valence-electron chi connectivity index (χ0n) is 12.8. The van der Waals surface area contributed by atoms with Gasteiger partial charge in [-0.1, -0.05) is 48.5 Å². The van der Waals surface area contributed by atoms with Gasteiger partial charge in [0.25, 0.3) is 0 Å². The normalized spacial score (nSPS) is 8.83. The molecule has 3 aromatic rings. The maximum atomic E-state index is 10.3. The fourth-order valence-electron chi connectivity index (χ4n) is 1.51. The first-order chi connectivity index (χ1) is 11.5. The highest BCUT2D eigenvalue weighted by atomic mass is 16.4. The summed E-state index contributed by atoms with van der Waals surface area (Å²) in [5, 5.41) is 34.6. The number of para-hydroxylation sites is 3. The highest BCUT2D eigenvalue weighted by Gasteiger charge is 2.05. The molecule has 3 rings (SSSR count). The van der Waals surface area contributed by atoms with Crippen molar-refractivity contribution in [1.29, 1.82) is 0 Å². The van der Waals surface area contributed by atoms with Crippen molar-refractivity contribution < 1.29 is 25.2 Å². The van der Waals surface area contributed by atoms with Gasteiger partial charge in [-0.25, -0.2) is 4.79 Å². The molecule has 0 aliphatic heterocycles. The van der Waals surface area contributed by atoms with E-state index in [2.05, 4.69) is 0 Å². The highest BCUT2D eigenvalue weighted by molar-refractivity contribution is 5.90. The number of phenolic OH excluding ortho intramolecular Hbond substituents is 2. The smallest absolute Gasteiger partial charge is 0.339 e. The molecule has 0 saturated heterocycles. The average molecular weight is 326 g/mol. The number of carboxylic acid groups (broad SMARTS) is 1. The van der Waals surface area contributed by atoms with E-state index in [1.165, 1.54) is 12.1 Å². The lowest BCUT2D eigenvalue weighted by molar-refractivity contribution is 0.0693. The third-order valence-corrected chi connectivity index (χ3v) is 2.65. The summed E-state index contributed by atoms with van der Waals surface area (Å²) in [6, 6.07) is 23.2. The van der Waals surface area contributed by atoms with Crippen molar-refractivity contribution in [3.63, 3.8) is 0 Å². The fourth-order valence-corrected chi connectivity index (χ4v) is 1.51. The van der Waals surface area contributed by atoms with E-state index in [9.17, 15) is 4.79 Å². The van der Waals surface area contributed by atoms with Crippen LogP contribution in [0.5, 0.6) is 17.2 Å². The van der Waals surface area contributed by atoms with Crippen LogP contribution in [0.15, 0.2) is 84.9 Å². The predicted octanol–water partition coefficient (Wildman–Crippen LogP) is 3.87. The number of aromatic hydroxyl groups is 3. The summed E-state index contributed by atoms with van der Waals surface area (Å²) in [5.41, 5.74) is -0.0671. The maximum Gasteiger partial charge on any atom is 0.339 e. The molecule has 24 heavy (non-hydrogen) atoms. The van der Waals surface area contributed by atoms with Gasteiger partial charge < -0.3 is 20.4 Å². The molecule has 4 N–H and O–H groups in total. The Morgan fingerprint density at radius 2 is 0.958 bits per heavy atom. The van der Waals surface area contributed by atoms with E-state index in [4.69, 9.17) is 20.4 Å². The van der Waals surface area contributed by atoms with E-state index < -0.39 is 5.97 Å². The molecule has 0 heterocycles. The lowest BCUT2D eigenvalue weighted by Gasteiger charge is -1.95. The number of aromatic carboxylic acids is 1. The SMILES string of the molecule is O=C(O)c1ccccc1O.Oc1ccccc1.Oc1ccccc1. The number of benzene rings is 3. The maximum absolute atomic E-state index is 10.3. The number of rotatable bonds is 1. The fraction of sp³-hybridized carbons (Fsp3) is 0. The van der Waals surface area contributed by atoms with E-state index in [1.807, 2.05) is 12.1 Å². The van der Waals surface area contributed by atoms with E-state index in [0.29, 0.717) is 11.5 Å². The summed E-state index contributed by atoms with van der Waals surface area (Å²) < 4.78 is 0. The summed E-state index contributed by atoms with van der Waals surface area (Å²) in [6.07, 6.45) is 0. The summed E-state index contributed by atoms with van der Waals surface area (Å²) in [7, 11) is 0. The van der Waals surface area contributed by atoms with Crippen LogP contribution in [0.2, 0.25) is 0 Å². The molecule has 0 fully saturated rings. The first-order valence-electron chi connectivity index (χ1n) is 7.00. The molecule has 0 bridgehead atoms. The molecule has 0 aromatic heterocycles. The van der Waals surface area contributed by atoms with Gasteiger partial charge >= 0.3 is 5.97 Å². The third kappa shape index (κ3) is 7.51. The highest BCUT2D eigenvalue weighted by Crippen LogP contribution is 2.14. The van der Waals surface area contributed by atoms with Gasteiger partial charge in [0.2, 0.25) is 0 Å². The van der Waals surface area contributed by atoms with Crippen molar-refractivity contribution in [1.82, 2.24) is 0 Å². The number of carbonyl (C=O) groups is 1. The van der Waals surface area contributed by atoms with Gasteiger partial charge in [-0.2, -0.15) is 0 Å². The Balaban J connectivity index is 0.000000185. The zero-order chi connectivity index (χ0) is 17.8. The van der Waals surface area contributed by atoms with Crippen molar-refractivity contribution in [3.8, 4) is 17.2 Å². The van der Waals surface area contributed by atoms with Gasteiger partial charge in [0.1, 0.15) is 22.8 Å². The second-order valence-corrected chi connectivity index (χ2v) is 4.49. The molecule has 5 heteroatoms. The average Bonchev–Trinajstić information content (AvgIpc) is 2.57. The van der Waals surface area contributed by atoms with Crippen molar-refractivity contribution in [2.75, 3.05) is 0 Å². The molecule has 0 amide bonds. The van der Waals surface area contributed by atoms with Gasteiger partial charge in [-0.3, -0.25) is 0 Å². The molecule has 3 aromatic carbocycles. The topological polar surface area (TPSA) is 98.0 Å². The number of hydrogen-bond acceptors (Lipinski definition) is 4. The first kappa shape index (κ1) is 18.6. The lowest BCUT2D eigenvalue weighted by Crippen LogP contribution is -1.95. The second-order valence-electron chi connectivity index (χ2n) is 4.49. The monoisotopic (exact) mass is 326 g/mol. The van der Waals surface area contributed by atoms with Crippen molar-refractivity contribution in [2.24, 2.45) is 0 Å². The van der Waals surface area contributed by atoms with Crippen LogP contribution in [-0.4, -0.2) is 26.4 Å². The van der Waals surface area contributed by atoms with Crippen LogP contribution < -0.4 is 0 Å². The number of hydrogen-bond donors (Lipinski definition) is 4. The largest absolute Gasteiger partial charge is 0.508 e. The van der Waals surface area contributed by atoms with Crippen LogP contribution in [0.25, 0.3) is 0 Å². The molecule has 124 valence electrons. The van der Waals surface area contributed by atoms with Crippen molar-refractivity contribution >= 4 is 5.97 Å². The van der Waals surface area contributed by atoms with Crippen LogP contribution in [0.4, 0.5) is 0 Å². The van der Waals surface area contributed by atoms with Crippen molar-refractivity contribution in [2.45, 2.75) is 0 Å². The molecule has 0 saturated carbocycles. The van der Waals surface area contributed by atoms with E-state index in [0.717, 1.165) is 0 Å². The van der Waals surface area contributed by atoms with Crippen molar-refractivity contribution in [3.05, 3.63) is 90.5 Å². The molecule has 0 radical (unpaired) electrons. The van der Waals surface area contributed by atoms with Crippen LogP contribution >= 0.6 is 0 Å². The number of phenols is 3. The van der Waals surface area contributed by atoms with E-state index >= 15 is 0 Å². The van der Waals surface area contributed by atoms with E-state index in [1.54, 1.807) is 60.7 Å². The lowest BCUT2D eigenvalue weighted by atomic mass is 10.2. The van der Waals surface area contributed by atoms with Gasteiger partial charge in [-0.05, 0) is 36.4 Å².